The molecule has 1 saturated heterocycles. The molecule has 0 aromatic rings. The van der Waals surface area contributed by atoms with Gasteiger partial charge in [-0.15, -0.1) is 0 Å². The molecule has 0 radical (unpaired) electrons. The van der Waals surface area contributed by atoms with Gasteiger partial charge in [-0.1, -0.05) is 296 Å². The molecule has 1 heterocycles. The molecule has 7 unspecified atom stereocenters. The molecule has 7 atom stereocenters. The Hall–Kier alpha value is -1.07. The third-order valence-corrected chi connectivity index (χ3v) is 14.9. The van der Waals surface area contributed by atoms with Gasteiger partial charge in [0.25, 0.3) is 0 Å². The van der Waals surface area contributed by atoms with Gasteiger partial charge in [-0.05, 0) is 19.3 Å². The normalized spacial score (nSPS) is 19.4. The van der Waals surface area contributed by atoms with Gasteiger partial charge in [-0.3, -0.25) is 4.79 Å². The van der Waals surface area contributed by atoms with Gasteiger partial charge in [0.15, 0.2) is 6.29 Å². The molecule has 410 valence electrons. The number of rotatable bonds is 53. The molecule has 0 aliphatic carbocycles. The van der Waals surface area contributed by atoms with E-state index in [1.54, 1.807) is 6.08 Å². The zero-order valence-electron chi connectivity index (χ0n) is 45.6. The smallest absolute Gasteiger partial charge is 0.220 e. The van der Waals surface area contributed by atoms with Crippen LogP contribution in [0.5, 0.6) is 0 Å². The van der Waals surface area contributed by atoms with Crippen molar-refractivity contribution in [2.45, 2.75) is 352 Å². The number of aliphatic hydroxyl groups excluding tert-OH is 5. The minimum Gasteiger partial charge on any atom is -0.394 e. The van der Waals surface area contributed by atoms with Crippen molar-refractivity contribution >= 4 is 5.91 Å². The molecule has 1 fully saturated rings. The van der Waals surface area contributed by atoms with Crippen LogP contribution in [0.1, 0.15) is 309 Å². The molecule has 0 saturated carbocycles. The quantitative estimate of drug-likeness (QED) is 0.0261. The minimum absolute atomic E-state index is 0.169. The number of carbonyl (C=O) groups is 1. The highest BCUT2D eigenvalue weighted by Crippen LogP contribution is 2.23. The Labute approximate surface area is 426 Å². The molecular weight excluding hydrogens is 863 g/mol. The molecule has 0 aromatic carbocycles. The van der Waals surface area contributed by atoms with Gasteiger partial charge in [0, 0.05) is 6.42 Å². The van der Waals surface area contributed by atoms with E-state index in [0.717, 1.165) is 38.5 Å². The second-order valence-electron chi connectivity index (χ2n) is 21.5. The van der Waals surface area contributed by atoms with Crippen LogP contribution in [0.2, 0.25) is 0 Å². The fourth-order valence-electron chi connectivity index (χ4n) is 10.0. The highest BCUT2D eigenvalue weighted by molar-refractivity contribution is 5.76. The first-order valence-electron chi connectivity index (χ1n) is 30.4. The van der Waals surface area contributed by atoms with E-state index in [0.29, 0.717) is 6.42 Å². The van der Waals surface area contributed by atoms with E-state index in [4.69, 9.17) is 9.47 Å². The Morgan fingerprint density at radius 2 is 0.797 bits per heavy atom. The summed E-state index contributed by atoms with van der Waals surface area (Å²) in [6.45, 7) is 3.83. The summed E-state index contributed by atoms with van der Waals surface area (Å²) in [5.41, 5.74) is 0. The second kappa shape index (κ2) is 50.5. The molecule has 1 rings (SSSR count). The van der Waals surface area contributed by atoms with Gasteiger partial charge in [0.05, 0.1) is 25.4 Å². The number of ether oxygens (including phenoxy) is 2. The van der Waals surface area contributed by atoms with Crippen molar-refractivity contribution in [2.75, 3.05) is 13.2 Å². The van der Waals surface area contributed by atoms with Gasteiger partial charge in [0.2, 0.25) is 5.91 Å². The van der Waals surface area contributed by atoms with Crippen molar-refractivity contribution in [3.63, 3.8) is 0 Å². The van der Waals surface area contributed by atoms with E-state index < -0.39 is 49.5 Å². The highest BCUT2D eigenvalue weighted by Gasteiger charge is 2.44. The Balaban J connectivity index is 2.19. The van der Waals surface area contributed by atoms with Crippen molar-refractivity contribution in [2.24, 2.45) is 0 Å². The van der Waals surface area contributed by atoms with E-state index in [1.165, 1.54) is 250 Å². The predicted octanol–water partition coefficient (Wildman–Crippen LogP) is 15.2. The Kier molecular flexibility index (Phi) is 48.2. The van der Waals surface area contributed by atoms with E-state index in [9.17, 15) is 30.3 Å². The first-order chi connectivity index (χ1) is 33.8. The van der Waals surface area contributed by atoms with Crippen LogP contribution in [0.25, 0.3) is 0 Å². The zero-order valence-corrected chi connectivity index (χ0v) is 45.6. The lowest BCUT2D eigenvalue weighted by molar-refractivity contribution is -0.302. The summed E-state index contributed by atoms with van der Waals surface area (Å²) in [4.78, 5) is 13.1. The third-order valence-electron chi connectivity index (χ3n) is 14.9. The highest BCUT2D eigenvalue weighted by atomic mass is 16.7. The molecule has 1 aliphatic rings. The zero-order chi connectivity index (χ0) is 50.1. The fourth-order valence-corrected chi connectivity index (χ4v) is 10.0. The number of carbonyl (C=O) groups excluding carboxylic acids is 1. The Morgan fingerprint density at radius 3 is 1.13 bits per heavy atom. The van der Waals surface area contributed by atoms with Crippen LogP contribution < -0.4 is 5.32 Å². The van der Waals surface area contributed by atoms with Crippen molar-refractivity contribution in [1.82, 2.24) is 5.32 Å². The van der Waals surface area contributed by atoms with Crippen LogP contribution in [0.4, 0.5) is 0 Å². The molecule has 9 heteroatoms. The summed E-state index contributed by atoms with van der Waals surface area (Å²) in [7, 11) is 0. The molecule has 1 amide bonds. The summed E-state index contributed by atoms with van der Waals surface area (Å²) in [5.74, 6) is -0.169. The SMILES string of the molecule is CCCCCCCCCCCCCCCCCCCCCCC/C=C/C(O)C(COC1OC(CO)C(O)C(O)C1O)NC(=O)CCCCCCCCCCCCCCCCCCCCCCCCC. The van der Waals surface area contributed by atoms with E-state index in [-0.39, 0.29) is 12.5 Å². The summed E-state index contributed by atoms with van der Waals surface area (Å²) in [5, 5.41) is 54.6. The Morgan fingerprint density at radius 1 is 0.478 bits per heavy atom. The number of hydrogen-bond acceptors (Lipinski definition) is 8. The second-order valence-corrected chi connectivity index (χ2v) is 21.5. The summed E-state index contributed by atoms with van der Waals surface area (Å²) in [6, 6.07) is -0.801. The fraction of sp³-hybridized carbons (Fsp3) is 0.950. The minimum atomic E-state index is -1.56. The summed E-state index contributed by atoms with van der Waals surface area (Å²) >= 11 is 0. The molecule has 9 nitrogen and oxygen atoms in total. The lowest BCUT2D eigenvalue weighted by Crippen LogP contribution is -2.60. The largest absolute Gasteiger partial charge is 0.394 e. The maximum atomic E-state index is 13.1. The first-order valence-corrected chi connectivity index (χ1v) is 30.4. The maximum Gasteiger partial charge on any atom is 0.220 e. The average molecular weight is 981 g/mol. The number of unbranched alkanes of at least 4 members (excludes halogenated alkanes) is 43. The lowest BCUT2D eigenvalue weighted by atomic mass is 9.99. The number of nitrogens with one attached hydrogen (secondary N) is 1. The number of aliphatic hydroxyl groups is 5. The van der Waals surface area contributed by atoms with Gasteiger partial charge in [-0.2, -0.15) is 0 Å². The lowest BCUT2D eigenvalue weighted by Gasteiger charge is -2.40. The molecule has 1 aliphatic heterocycles. The van der Waals surface area contributed by atoms with E-state index in [2.05, 4.69) is 19.2 Å². The molecule has 6 N–H and O–H groups in total. The molecule has 0 spiro atoms. The van der Waals surface area contributed by atoms with Crippen LogP contribution in [0.3, 0.4) is 0 Å². The van der Waals surface area contributed by atoms with Crippen LogP contribution in [-0.2, 0) is 14.3 Å². The molecule has 0 aromatic heterocycles. The van der Waals surface area contributed by atoms with Crippen LogP contribution in [0, 0.1) is 0 Å². The molecular formula is C60H117NO8. The first kappa shape index (κ1) is 65.9. The molecule has 0 bridgehead atoms. The van der Waals surface area contributed by atoms with Crippen molar-refractivity contribution < 1.29 is 39.8 Å². The van der Waals surface area contributed by atoms with E-state index in [1.807, 2.05) is 6.08 Å². The Bertz CT molecular complexity index is 1090. The van der Waals surface area contributed by atoms with Gasteiger partial charge in [0.1, 0.15) is 24.4 Å². The summed E-state index contributed by atoms with van der Waals surface area (Å²) < 4.78 is 11.3. The number of amides is 1. The third kappa shape index (κ3) is 40.1. The van der Waals surface area contributed by atoms with Crippen molar-refractivity contribution in [3.05, 3.63) is 12.2 Å². The van der Waals surface area contributed by atoms with Crippen LogP contribution in [-0.4, -0.2) is 87.5 Å². The predicted molar refractivity (Wildman–Crippen MR) is 291 cm³/mol. The maximum absolute atomic E-state index is 13.1. The topological polar surface area (TPSA) is 149 Å². The van der Waals surface area contributed by atoms with Gasteiger partial charge in [-0.25, -0.2) is 0 Å². The monoisotopic (exact) mass is 980 g/mol. The average Bonchev–Trinajstić information content (AvgIpc) is 3.35. The summed E-state index contributed by atoms with van der Waals surface area (Å²) in [6.07, 6.45) is 55.7. The number of allylic oxidation sites excluding steroid dienone is 1. The van der Waals surface area contributed by atoms with Gasteiger partial charge < -0.3 is 40.3 Å². The van der Waals surface area contributed by atoms with Crippen LogP contribution in [0.15, 0.2) is 12.2 Å². The van der Waals surface area contributed by atoms with Crippen molar-refractivity contribution in [1.29, 1.82) is 0 Å². The van der Waals surface area contributed by atoms with Gasteiger partial charge >= 0.3 is 0 Å². The van der Waals surface area contributed by atoms with E-state index >= 15 is 0 Å². The molecule has 69 heavy (non-hydrogen) atoms. The van der Waals surface area contributed by atoms with Crippen LogP contribution >= 0.6 is 0 Å². The standard InChI is InChI=1S/C60H117NO8/c1-3-5-7-9-11-13-15-17-19-21-23-25-27-29-31-33-35-37-39-41-43-45-47-49-54(63)53(52-68-60-59(67)58(66)57(65)55(51-62)69-60)61-56(64)50-48-46-44-42-40-38-36-34-32-30-28-26-24-22-20-18-16-14-12-10-8-6-4-2/h47,49,53-55,57-60,62-63,65-67H,3-46,48,50-52H2,1-2H3,(H,61,64)/b49-47+. The number of hydrogen-bond donors (Lipinski definition) is 6. The van der Waals surface area contributed by atoms with Crippen molar-refractivity contribution in [3.8, 4) is 0 Å².